The fraction of sp³-hybridized carbons (Fsp3) is 0.706. The van der Waals surface area contributed by atoms with E-state index in [4.69, 9.17) is 4.98 Å². The third-order valence-electron chi connectivity index (χ3n) is 3.86. The van der Waals surface area contributed by atoms with Gasteiger partial charge in [0.2, 0.25) is 0 Å². The minimum atomic E-state index is 0.481. The molecule has 0 aromatic carbocycles. The summed E-state index contributed by atoms with van der Waals surface area (Å²) >= 11 is 0. The van der Waals surface area contributed by atoms with E-state index in [0.717, 1.165) is 31.4 Å². The lowest BCUT2D eigenvalue weighted by atomic mass is 10.1. The number of pyridine rings is 1. The number of aromatic nitrogens is 1. The van der Waals surface area contributed by atoms with Gasteiger partial charge in [-0.1, -0.05) is 20.8 Å². The molecule has 0 amide bonds. The van der Waals surface area contributed by atoms with Gasteiger partial charge in [0.25, 0.3) is 0 Å². The van der Waals surface area contributed by atoms with Crippen LogP contribution in [-0.4, -0.2) is 25.1 Å². The first kappa shape index (κ1) is 15.3. The zero-order valence-corrected chi connectivity index (χ0v) is 13.4. The number of nitrogens with zero attached hydrogens (tertiary/aromatic N) is 2. The molecule has 2 rings (SSSR count). The van der Waals surface area contributed by atoms with Crippen LogP contribution in [0.5, 0.6) is 0 Å². The highest BCUT2D eigenvalue weighted by Gasteiger charge is 2.23. The molecule has 0 bridgehead atoms. The molecule has 112 valence electrons. The van der Waals surface area contributed by atoms with Crippen LogP contribution in [-0.2, 0) is 6.54 Å². The van der Waals surface area contributed by atoms with Gasteiger partial charge in [0.1, 0.15) is 5.82 Å². The number of nitrogens with one attached hydrogen (secondary N) is 1. The van der Waals surface area contributed by atoms with Crippen molar-refractivity contribution in [3.63, 3.8) is 0 Å². The van der Waals surface area contributed by atoms with Crippen LogP contribution in [0.25, 0.3) is 0 Å². The van der Waals surface area contributed by atoms with Gasteiger partial charge < -0.3 is 10.2 Å². The van der Waals surface area contributed by atoms with Gasteiger partial charge in [0.05, 0.1) is 0 Å². The normalized spacial score (nSPS) is 14.8. The maximum atomic E-state index is 4.84. The monoisotopic (exact) mass is 275 g/mol. The van der Waals surface area contributed by atoms with E-state index in [1.54, 1.807) is 0 Å². The van der Waals surface area contributed by atoms with E-state index < -0.39 is 0 Å². The Morgan fingerprint density at radius 1 is 1.35 bits per heavy atom. The van der Waals surface area contributed by atoms with Gasteiger partial charge in [0.15, 0.2) is 0 Å². The van der Waals surface area contributed by atoms with Gasteiger partial charge in [-0.15, -0.1) is 0 Å². The summed E-state index contributed by atoms with van der Waals surface area (Å²) in [6.45, 7) is 9.81. The van der Waals surface area contributed by atoms with Crippen molar-refractivity contribution in [3.8, 4) is 0 Å². The lowest BCUT2D eigenvalue weighted by Crippen LogP contribution is -2.22. The Labute approximate surface area is 123 Å². The molecule has 1 aliphatic rings. The molecule has 0 aliphatic heterocycles. The quantitative estimate of drug-likeness (QED) is 0.735. The summed E-state index contributed by atoms with van der Waals surface area (Å²) in [7, 11) is 2.17. The molecule has 1 saturated carbocycles. The van der Waals surface area contributed by atoms with Crippen molar-refractivity contribution >= 4 is 5.82 Å². The number of hydrogen-bond donors (Lipinski definition) is 1. The molecule has 3 nitrogen and oxygen atoms in total. The first-order valence-corrected chi connectivity index (χ1v) is 8.02. The highest BCUT2D eigenvalue weighted by molar-refractivity contribution is 5.43. The number of anilines is 1. The largest absolute Gasteiger partial charge is 0.359 e. The predicted molar refractivity (Wildman–Crippen MR) is 86.3 cm³/mol. The van der Waals surface area contributed by atoms with Gasteiger partial charge in [-0.2, -0.15) is 0 Å². The molecule has 1 aromatic rings. The van der Waals surface area contributed by atoms with Crippen molar-refractivity contribution in [1.82, 2.24) is 10.3 Å². The molecule has 1 fully saturated rings. The predicted octanol–water partition coefficient (Wildman–Crippen LogP) is 3.55. The number of hydrogen-bond acceptors (Lipinski definition) is 3. The van der Waals surface area contributed by atoms with E-state index in [1.807, 2.05) is 0 Å². The highest BCUT2D eigenvalue weighted by atomic mass is 15.2. The van der Waals surface area contributed by atoms with Crippen LogP contribution in [0, 0.1) is 5.92 Å². The Kier molecular flexibility index (Phi) is 5.41. The summed E-state index contributed by atoms with van der Waals surface area (Å²) in [5, 5.41) is 3.49. The first-order chi connectivity index (χ1) is 9.60. The molecule has 0 unspecified atom stereocenters. The molecule has 1 aromatic heterocycles. The molecular formula is C17H29N3. The van der Waals surface area contributed by atoms with Gasteiger partial charge in [-0.3, -0.25) is 0 Å². The van der Waals surface area contributed by atoms with Crippen LogP contribution in [0.2, 0.25) is 0 Å². The van der Waals surface area contributed by atoms with Crippen molar-refractivity contribution in [2.75, 3.05) is 25.0 Å². The summed E-state index contributed by atoms with van der Waals surface area (Å²) in [6.07, 6.45) is 3.95. The Bertz CT molecular complexity index is 424. The van der Waals surface area contributed by atoms with Crippen molar-refractivity contribution in [3.05, 3.63) is 23.4 Å². The van der Waals surface area contributed by atoms with E-state index in [9.17, 15) is 0 Å². The average molecular weight is 275 g/mol. The molecule has 20 heavy (non-hydrogen) atoms. The zero-order chi connectivity index (χ0) is 14.5. The van der Waals surface area contributed by atoms with Gasteiger partial charge in [-0.25, -0.2) is 4.98 Å². The van der Waals surface area contributed by atoms with E-state index in [0.29, 0.717) is 5.92 Å². The highest BCUT2D eigenvalue weighted by Crippen LogP contribution is 2.31. The first-order valence-electron chi connectivity index (χ1n) is 8.02. The maximum Gasteiger partial charge on any atom is 0.128 e. The van der Waals surface area contributed by atoms with E-state index >= 15 is 0 Å². The molecule has 0 radical (unpaired) electrons. The zero-order valence-electron chi connectivity index (χ0n) is 13.4. The maximum absolute atomic E-state index is 4.84. The Morgan fingerprint density at radius 2 is 2.10 bits per heavy atom. The van der Waals surface area contributed by atoms with E-state index in [-0.39, 0.29) is 0 Å². The van der Waals surface area contributed by atoms with Crippen molar-refractivity contribution in [1.29, 1.82) is 0 Å². The molecular weight excluding hydrogens is 246 g/mol. The van der Waals surface area contributed by atoms with E-state index in [1.165, 1.54) is 30.5 Å². The molecule has 1 N–H and O–H groups in total. The van der Waals surface area contributed by atoms with Crippen molar-refractivity contribution in [2.45, 2.75) is 52.5 Å². The Morgan fingerprint density at radius 3 is 2.70 bits per heavy atom. The second-order valence-corrected chi connectivity index (χ2v) is 6.41. The molecule has 0 saturated heterocycles. The molecule has 1 aliphatic carbocycles. The SMILES string of the molecule is CCCNCc1cc(C(C)C)nc(N(C)CC2CC2)c1. The standard InChI is InChI=1S/C17H29N3/c1-5-8-18-11-15-9-16(13(2)3)19-17(10-15)20(4)12-14-6-7-14/h9-10,13-14,18H,5-8,11-12H2,1-4H3. The fourth-order valence-corrected chi connectivity index (χ4v) is 2.38. The number of rotatable bonds is 8. The van der Waals surface area contributed by atoms with Crippen LogP contribution < -0.4 is 10.2 Å². The minimum absolute atomic E-state index is 0.481. The fourth-order valence-electron chi connectivity index (χ4n) is 2.38. The second kappa shape index (κ2) is 7.07. The summed E-state index contributed by atoms with van der Waals surface area (Å²) in [6, 6.07) is 4.50. The lowest BCUT2D eigenvalue weighted by molar-refractivity contribution is 0.671. The lowest BCUT2D eigenvalue weighted by Gasteiger charge is -2.21. The van der Waals surface area contributed by atoms with Crippen LogP contribution in [0.3, 0.4) is 0 Å². The molecule has 0 atom stereocenters. The smallest absolute Gasteiger partial charge is 0.128 e. The summed E-state index contributed by atoms with van der Waals surface area (Å²) < 4.78 is 0. The molecule has 1 heterocycles. The van der Waals surface area contributed by atoms with Crippen LogP contribution in [0.15, 0.2) is 12.1 Å². The third-order valence-corrected chi connectivity index (χ3v) is 3.86. The minimum Gasteiger partial charge on any atom is -0.359 e. The summed E-state index contributed by atoms with van der Waals surface area (Å²) in [4.78, 5) is 7.17. The van der Waals surface area contributed by atoms with Gasteiger partial charge >= 0.3 is 0 Å². The summed E-state index contributed by atoms with van der Waals surface area (Å²) in [5.41, 5.74) is 2.56. The van der Waals surface area contributed by atoms with Crippen molar-refractivity contribution in [2.24, 2.45) is 5.92 Å². The topological polar surface area (TPSA) is 28.2 Å². The average Bonchev–Trinajstić information content (AvgIpc) is 3.22. The van der Waals surface area contributed by atoms with E-state index in [2.05, 4.69) is 50.2 Å². The summed E-state index contributed by atoms with van der Waals surface area (Å²) in [5.74, 6) is 2.51. The Balaban J connectivity index is 2.11. The molecule has 3 heteroatoms. The van der Waals surface area contributed by atoms with Gasteiger partial charge in [0, 0.05) is 25.8 Å². The third kappa shape index (κ3) is 4.48. The van der Waals surface area contributed by atoms with Crippen LogP contribution in [0.4, 0.5) is 5.82 Å². The van der Waals surface area contributed by atoms with Gasteiger partial charge in [-0.05, 0) is 55.3 Å². The van der Waals surface area contributed by atoms with Crippen LogP contribution >= 0.6 is 0 Å². The molecule has 0 spiro atoms. The van der Waals surface area contributed by atoms with Crippen LogP contribution in [0.1, 0.15) is 57.2 Å². The Hall–Kier alpha value is -1.09. The second-order valence-electron chi connectivity index (χ2n) is 6.41. The van der Waals surface area contributed by atoms with Crippen molar-refractivity contribution < 1.29 is 0 Å².